The molecule has 0 aromatic heterocycles. The molecule has 0 unspecified atom stereocenters. The Labute approximate surface area is 447 Å². The molecule has 0 amide bonds. The van der Waals surface area contributed by atoms with Gasteiger partial charge in [0.1, 0.15) is 66.1 Å². The molecule has 9 rings (SSSR count). The third kappa shape index (κ3) is 9.78. The highest BCUT2D eigenvalue weighted by Gasteiger charge is 2.72. The summed E-state index contributed by atoms with van der Waals surface area (Å²) >= 11 is 0. The molecule has 21 nitrogen and oxygen atoms in total. The first-order valence-electron chi connectivity index (χ1n) is 27.2. The summed E-state index contributed by atoms with van der Waals surface area (Å²) in [5.41, 5.74) is -2.05. The number of carboxylic acids is 1. The van der Waals surface area contributed by atoms with Crippen molar-refractivity contribution in [1.29, 1.82) is 0 Å². The van der Waals surface area contributed by atoms with Gasteiger partial charge in [-0.3, -0.25) is 4.79 Å². The number of aromatic hydroxyl groups is 1. The third-order valence-corrected chi connectivity index (χ3v) is 20.4. The summed E-state index contributed by atoms with van der Waals surface area (Å²) in [4.78, 5) is 41.2. The summed E-state index contributed by atoms with van der Waals surface area (Å²) in [5.74, 6) is -3.66. The van der Waals surface area contributed by atoms with E-state index >= 15 is 4.79 Å². The van der Waals surface area contributed by atoms with Crippen molar-refractivity contribution in [2.24, 2.45) is 50.2 Å². The molecule has 430 valence electrons. The second kappa shape index (κ2) is 21.0. The first-order valence-corrected chi connectivity index (χ1v) is 27.2. The molecule has 11 N–H and O–H groups in total. The van der Waals surface area contributed by atoms with E-state index < -0.39 is 157 Å². The van der Waals surface area contributed by atoms with Crippen LogP contribution in [0.15, 0.2) is 42.0 Å². The quantitative estimate of drug-likeness (QED) is 0.0651. The van der Waals surface area contributed by atoms with Crippen LogP contribution < -0.4 is 0 Å². The minimum absolute atomic E-state index is 0.00123. The maximum atomic E-state index is 15.5. The molecule has 0 bridgehead atoms. The third-order valence-electron chi connectivity index (χ3n) is 20.4. The molecule has 0 radical (unpaired) electrons. The number of benzene rings is 1. The van der Waals surface area contributed by atoms with E-state index in [1.54, 1.807) is 12.1 Å². The molecular weight excluding hydrogens is 1010 g/mol. The van der Waals surface area contributed by atoms with Crippen LogP contribution in [0.2, 0.25) is 0 Å². The Morgan fingerprint density at radius 1 is 0.714 bits per heavy atom. The number of aliphatic hydroxyl groups excluding tert-OH is 9. The lowest BCUT2D eigenvalue weighted by Crippen LogP contribution is -2.68. The summed E-state index contributed by atoms with van der Waals surface area (Å²) in [6.07, 6.45) is -16.2. The molecule has 21 heteroatoms. The first kappa shape index (κ1) is 58.0. The molecule has 5 aliphatic carbocycles. The second-order valence-electron chi connectivity index (χ2n) is 25.5. The van der Waals surface area contributed by atoms with Crippen LogP contribution in [-0.2, 0) is 47.5 Å². The topological polar surface area (TPSA) is 338 Å². The monoisotopic (exact) mass is 1090 g/mol. The number of phenols is 1. The van der Waals surface area contributed by atoms with E-state index in [9.17, 15) is 65.8 Å². The normalized spacial score (nSPS) is 47.3. The number of ether oxygens (including phenoxy) is 7. The number of carbonyl (C=O) groups excluding carboxylic acids is 2. The summed E-state index contributed by atoms with van der Waals surface area (Å²) in [7, 11) is 0. The van der Waals surface area contributed by atoms with Gasteiger partial charge < -0.3 is 89.3 Å². The van der Waals surface area contributed by atoms with Crippen LogP contribution in [0.3, 0.4) is 0 Å². The summed E-state index contributed by atoms with van der Waals surface area (Å²) in [5, 5.41) is 118. The van der Waals surface area contributed by atoms with Crippen LogP contribution >= 0.6 is 0 Å². The number of aliphatic carboxylic acids is 1. The maximum Gasteiger partial charge on any atom is 0.335 e. The molecular formula is C56H80O21. The Bertz CT molecular complexity index is 2410. The molecule has 3 saturated heterocycles. The van der Waals surface area contributed by atoms with E-state index in [0.717, 1.165) is 24.5 Å². The molecule has 3 aliphatic heterocycles. The van der Waals surface area contributed by atoms with Crippen molar-refractivity contribution in [2.45, 2.75) is 204 Å². The van der Waals surface area contributed by atoms with Gasteiger partial charge in [0, 0.05) is 6.08 Å². The van der Waals surface area contributed by atoms with E-state index in [-0.39, 0.29) is 41.3 Å². The highest BCUT2D eigenvalue weighted by Crippen LogP contribution is 2.76. The predicted octanol–water partition coefficient (Wildman–Crippen LogP) is 1.81. The number of allylic oxidation sites excluding steroid dienone is 2. The van der Waals surface area contributed by atoms with Crippen molar-refractivity contribution in [1.82, 2.24) is 0 Å². The van der Waals surface area contributed by atoms with Crippen molar-refractivity contribution in [3.8, 4) is 5.75 Å². The highest BCUT2D eigenvalue weighted by molar-refractivity contribution is 5.87. The molecule has 7 fully saturated rings. The molecule has 8 aliphatic rings. The van der Waals surface area contributed by atoms with E-state index in [2.05, 4.69) is 54.5 Å². The van der Waals surface area contributed by atoms with E-state index in [1.165, 1.54) is 18.2 Å². The van der Waals surface area contributed by atoms with Crippen molar-refractivity contribution in [2.75, 3.05) is 13.2 Å². The number of phenolic OH excluding ortho intramolecular Hbond substituents is 1. The Morgan fingerprint density at radius 2 is 1.38 bits per heavy atom. The number of aliphatic hydroxyl groups is 9. The van der Waals surface area contributed by atoms with Crippen LogP contribution in [0.4, 0.5) is 0 Å². The summed E-state index contributed by atoms with van der Waals surface area (Å²) < 4.78 is 41.9. The number of rotatable bonds is 11. The lowest BCUT2D eigenvalue weighted by Gasteiger charge is -2.71. The number of esters is 2. The minimum atomic E-state index is -1.91. The molecule has 0 spiro atoms. The fourth-order valence-electron chi connectivity index (χ4n) is 15.9. The zero-order valence-corrected chi connectivity index (χ0v) is 44.8. The number of hydrogen-bond acceptors (Lipinski definition) is 20. The number of carbonyl (C=O) groups is 3. The van der Waals surface area contributed by atoms with Gasteiger partial charge in [0.15, 0.2) is 24.8 Å². The molecule has 3 heterocycles. The van der Waals surface area contributed by atoms with Gasteiger partial charge in [0.2, 0.25) is 6.29 Å². The Kier molecular flexibility index (Phi) is 15.8. The zero-order valence-electron chi connectivity index (χ0n) is 44.8. The van der Waals surface area contributed by atoms with Crippen LogP contribution in [0, 0.1) is 50.2 Å². The fourth-order valence-corrected chi connectivity index (χ4v) is 15.9. The Balaban J connectivity index is 1.00. The van der Waals surface area contributed by atoms with Gasteiger partial charge in [-0.15, -0.1) is 0 Å². The Morgan fingerprint density at radius 3 is 2.04 bits per heavy atom. The standard InChI is InChI=1S/C56H80O21/c1-51(2)20-21-56(50(70)77-49-45(74-36(61)15-10-26-8-11-27(58)12-9-26)43(30(59)25-71-49)75-47-41(66)38(63)37(62)31(24-57)72-47)29(22-51)28-13-14-33-53(5)18-17-35(73-48-42(67)39(64)40(65)44(76-48)46(68)69)52(3,4)32(53)16-19-54(33,6)55(28,7)23-34(56)60/h8-13,15,29-35,37-45,47-49,57-60,62-67H,14,16-25H2,1-7H3,(H,68,69)/b15-10+/t29-,30+,31+,32-,33-,34+,35+,37-,38-,39+,40+,41+,42-,43+,44+,45+,47-,48+,49+,53+,54+,55+,56+/m1/s1. The number of fused-ring (bicyclic) bond motifs is 7. The number of hydrogen-bond donors (Lipinski definition) is 11. The van der Waals surface area contributed by atoms with Crippen LogP contribution in [-0.4, -0.2) is 186 Å². The average Bonchev–Trinajstić information content (AvgIpc) is 3.43. The molecule has 1 aromatic carbocycles. The largest absolute Gasteiger partial charge is 0.508 e. The zero-order chi connectivity index (χ0) is 56.1. The van der Waals surface area contributed by atoms with Gasteiger partial charge in [-0.1, -0.05) is 72.2 Å². The molecule has 77 heavy (non-hydrogen) atoms. The van der Waals surface area contributed by atoms with Crippen LogP contribution in [0.25, 0.3) is 6.08 Å². The smallest absolute Gasteiger partial charge is 0.335 e. The van der Waals surface area contributed by atoms with E-state index in [4.69, 9.17) is 33.2 Å². The van der Waals surface area contributed by atoms with Crippen molar-refractivity contribution in [3.63, 3.8) is 0 Å². The minimum Gasteiger partial charge on any atom is -0.508 e. The highest BCUT2D eigenvalue weighted by atomic mass is 16.8. The van der Waals surface area contributed by atoms with Crippen molar-refractivity contribution >= 4 is 24.0 Å². The fraction of sp³-hybridized carbons (Fsp3) is 0.768. The van der Waals surface area contributed by atoms with E-state index in [0.29, 0.717) is 37.7 Å². The molecule has 23 atom stereocenters. The molecule has 1 aromatic rings. The second-order valence-corrected chi connectivity index (χ2v) is 25.5. The predicted molar refractivity (Wildman–Crippen MR) is 267 cm³/mol. The lowest BCUT2D eigenvalue weighted by molar-refractivity contribution is -0.347. The van der Waals surface area contributed by atoms with Gasteiger partial charge in [0.25, 0.3) is 0 Å². The van der Waals surface area contributed by atoms with E-state index in [1.807, 2.05) is 0 Å². The van der Waals surface area contributed by atoms with Gasteiger partial charge in [-0.25, -0.2) is 9.59 Å². The average molecular weight is 1090 g/mol. The Hall–Kier alpha value is -3.65. The van der Waals surface area contributed by atoms with Gasteiger partial charge in [0.05, 0.1) is 25.4 Å². The maximum absolute atomic E-state index is 15.5. The molecule has 4 saturated carbocycles. The van der Waals surface area contributed by atoms with Gasteiger partial charge >= 0.3 is 17.9 Å². The SMILES string of the molecule is CC1(C)CC[C@]2(C(=O)O[C@@H]3OC[C@H](O)[C@H](O[C@H]4O[C@@H](CO)[C@@H](O)[C@@H](O)[C@@H]4O)[C@@H]3OC(=O)/C=C/c3ccc(O)cc3)[C@H](C1)C1=CC[C@@H]3[C@@]4(C)CC[C@H](O[C@H]5O[C@H](C(=O)O)[C@@H](O)[C@H](O)[C@H]5O)C(C)(C)[C@H]4CC[C@]3(C)[C@@]1(C)C[C@@H]2O. The van der Waals surface area contributed by atoms with Crippen molar-refractivity contribution < 1.29 is 104 Å². The summed E-state index contributed by atoms with van der Waals surface area (Å²) in [6, 6.07) is 5.92. The lowest BCUT2D eigenvalue weighted by atomic mass is 9.33. The van der Waals surface area contributed by atoms with Crippen LogP contribution in [0.1, 0.15) is 112 Å². The van der Waals surface area contributed by atoms with Gasteiger partial charge in [-0.05, 0) is 126 Å². The summed E-state index contributed by atoms with van der Waals surface area (Å²) in [6.45, 7) is 14.0. The first-order chi connectivity index (χ1) is 36.0. The van der Waals surface area contributed by atoms with Crippen molar-refractivity contribution in [3.05, 3.63) is 47.6 Å². The van der Waals surface area contributed by atoms with Gasteiger partial charge in [-0.2, -0.15) is 0 Å². The van der Waals surface area contributed by atoms with Crippen LogP contribution in [0.5, 0.6) is 5.75 Å². The number of carboxylic acid groups (broad SMARTS) is 1.